The van der Waals surface area contributed by atoms with E-state index < -0.39 is 6.04 Å². The molecule has 3 aliphatic heterocycles. The zero-order valence-corrected chi connectivity index (χ0v) is 30.0. The van der Waals surface area contributed by atoms with E-state index in [1.165, 1.54) is 4.88 Å². The lowest BCUT2D eigenvalue weighted by Gasteiger charge is -2.36. The van der Waals surface area contributed by atoms with E-state index in [2.05, 4.69) is 49.0 Å². The molecule has 2 saturated heterocycles. The molecule has 2 aromatic carbocycles. The van der Waals surface area contributed by atoms with Gasteiger partial charge in [-0.05, 0) is 50.1 Å². The van der Waals surface area contributed by atoms with E-state index in [-0.39, 0.29) is 24.3 Å². The topological polar surface area (TPSA) is 128 Å². The van der Waals surface area contributed by atoms with Crippen LogP contribution in [0.4, 0.5) is 10.5 Å². The van der Waals surface area contributed by atoms with Gasteiger partial charge in [-0.3, -0.25) is 39.2 Å². The molecule has 2 fully saturated rings. The molecule has 12 nitrogen and oxygen atoms in total. The summed E-state index contributed by atoms with van der Waals surface area (Å²) in [6, 6.07) is 14.7. The maximum absolute atomic E-state index is 13.4. The van der Waals surface area contributed by atoms with Crippen LogP contribution in [0.2, 0.25) is 5.02 Å². The molecule has 260 valence electrons. The molecule has 2 aromatic heterocycles. The van der Waals surface area contributed by atoms with E-state index in [1.807, 2.05) is 55.5 Å². The lowest BCUT2D eigenvalue weighted by atomic mass is 9.99. The SMILES string of the molecule is Cc1sc2c(c1C)C(c1ccc(Cl)cc1)=N[C@@H](CC(=O)NCCN1CCN(Cc3ccccc3N3CCC(=O)NC3=O)CC1)c1nnc(C)n1-2. The number of aromatic nitrogens is 3. The normalized spacial score (nSPS) is 18.3. The first kappa shape index (κ1) is 34.0. The number of rotatable bonds is 9. The van der Waals surface area contributed by atoms with Crippen LogP contribution in [0.5, 0.6) is 0 Å². The van der Waals surface area contributed by atoms with Crippen LogP contribution < -0.4 is 15.5 Å². The molecule has 0 aliphatic carbocycles. The fourth-order valence-electron chi connectivity index (χ4n) is 6.85. The van der Waals surface area contributed by atoms with Crippen LogP contribution >= 0.6 is 22.9 Å². The number of imide groups is 1. The first-order valence-electron chi connectivity index (χ1n) is 16.9. The monoisotopic (exact) mass is 713 g/mol. The highest BCUT2D eigenvalue weighted by molar-refractivity contribution is 7.15. The van der Waals surface area contributed by atoms with Crippen LogP contribution in [0.15, 0.2) is 53.5 Å². The van der Waals surface area contributed by atoms with Gasteiger partial charge in [0.2, 0.25) is 11.8 Å². The lowest BCUT2D eigenvalue weighted by Crippen LogP contribution is -2.50. The Kier molecular flexibility index (Phi) is 9.82. The molecule has 4 amide bonds. The number of aryl methyl sites for hydroxylation is 2. The Morgan fingerprint density at radius 1 is 0.980 bits per heavy atom. The van der Waals surface area contributed by atoms with E-state index in [1.54, 1.807) is 16.2 Å². The molecule has 0 unspecified atom stereocenters. The second-order valence-electron chi connectivity index (χ2n) is 13.0. The number of anilines is 1. The number of hydrogen-bond acceptors (Lipinski definition) is 9. The quantitative estimate of drug-likeness (QED) is 0.260. The van der Waals surface area contributed by atoms with Crippen molar-refractivity contribution >= 4 is 52.2 Å². The van der Waals surface area contributed by atoms with Crippen molar-refractivity contribution in [1.82, 2.24) is 35.2 Å². The summed E-state index contributed by atoms with van der Waals surface area (Å²) in [6.07, 6.45) is 0.447. The third kappa shape index (κ3) is 6.95. The molecule has 3 aliphatic rings. The highest BCUT2D eigenvalue weighted by Crippen LogP contribution is 2.39. The minimum absolute atomic E-state index is 0.0849. The van der Waals surface area contributed by atoms with Gasteiger partial charge in [-0.2, -0.15) is 0 Å². The first-order valence-corrected chi connectivity index (χ1v) is 18.1. The molecule has 0 bridgehead atoms. The molecule has 2 N–H and O–H groups in total. The third-order valence-corrected chi connectivity index (χ3v) is 11.1. The van der Waals surface area contributed by atoms with Crippen molar-refractivity contribution in [3.05, 3.63) is 92.3 Å². The van der Waals surface area contributed by atoms with Crippen molar-refractivity contribution in [3.8, 4) is 5.00 Å². The van der Waals surface area contributed by atoms with Gasteiger partial charge in [-0.25, -0.2) is 4.79 Å². The van der Waals surface area contributed by atoms with Gasteiger partial charge >= 0.3 is 6.03 Å². The third-order valence-electron chi connectivity index (χ3n) is 9.68. The summed E-state index contributed by atoms with van der Waals surface area (Å²) in [5.74, 6) is 1.10. The van der Waals surface area contributed by atoms with Crippen molar-refractivity contribution in [1.29, 1.82) is 0 Å². The molecule has 14 heteroatoms. The van der Waals surface area contributed by atoms with Gasteiger partial charge in [-0.15, -0.1) is 21.5 Å². The van der Waals surface area contributed by atoms with E-state index in [0.717, 1.165) is 77.2 Å². The van der Waals surface area contributed by atoms with Crippen molar-refractivity contribution < 1.29 is 14.4 Å². The van der Waals surface area contributed by atoms with E-state index in [9.17, 15) is 14.4 Å². The Labute approximate surface area is 300 Å². The summed E-state index contributed by atoms with van der Waals surface area (Å²) >= 11 is 7.92. The van der Waals surface area contributed by atoms with Gasteiger partial charge in [0.15, 0.2) is 5.82 Å². The number of para-hydroxylation sites is 1. The maximum atomic E-state index is 13.4. The number of carbonyl (C=O) groups excluding carboxylic acids is 3. The summed E-state index contributed by atoms with van der Waals surface area (Å²) in [4.78, 5) is 50.4. The highest BCUT2D eigenvalue weighted by atomic mass is 35.5. The number of halogens is 1. The first-order chi connectivity index (χ1) is 24.2. The number of nitrogens with one attached hydrogen (secondary N) is 2. The molecule has 1 atom stereocenters. The number of carbonyl (C=O) groups is 3. The Hall–Kier alpha value is -4.43. The van der Waals surface area contributed by atoms with Crippen molar-refractivity contribution in [2.45, 2.75) is 46.2 Å². The number of benzene rings is 2. The van der Waals surface area contributed by atoms with Crippen LogP contribution in [0.25, 0.3) is 5.00 Å². The molecule has 50 heavy (non-hydrogen) atoms. The number of amides is 4. The van der Waals surface area contributed by atoms with E-state index in [4.69, 9.17) is 16.6 Å². The van der Waals surface area contributed by atoms with Crippen LogP contribution in [0, 0.1) is 20.8 Å². The molecular formula is C36H40ClN9O3S. The van der Waals surface area contributed by atoms with Crippen LogP contribution in [-0.4, -0.2) is 93.9 Å². The van der Waals surface area contributed by atoms with Crippen molar-refractivity contribution in [3.63, 3.8) is 0 Å². The van der Waals surface area contributed by atoms with E-state index >= 15 is 0 Å². The molecule has 5 heterocycles. The standard InChI is InChI=1S/C36H40ClN9O3S/c1-22-23(2)50-35-32(22)33(25-8-10-27(37)11-9-25)39-28(34-42-41-24(3)46(34)35)20-31(48)38-13-15-43-16-18-44(19-17-43)21-26-6-4-5-7-29(26)45-14-12-30(47)40-36(45)49/h4-11,28H,12-21H2,1-3H3,(H,38,48)(H,40,47,49)/t28-/m0/s1. The van der Waals surface area contributed by atoms with Gasteiger partial charge in [0, 0.05) is 85.5 Å². The number of aliphatic imine (C=N–C) groups is 1. The van der Waals surface area contributed by atoms with Gasteiger partial charge in [0.25, 0.3) is 0 Å². The molecule has 0 spiro atoms. The molecule has 4 aromatic rings. The average Bonchev–Trinajstić information content (AvgIpc) is 3.58. The van der Waals surface area contributed by atoms with Gasteiger partial charge in [0.05, 0.1) is 12.1 Å². The Morgan fingerprint density at radius 2 is 1.72 bits per heavy atom. The summed E-state index contributed by atoms with van der Waals surface area (Å²) in [6.45, 7) is 12.0. The Morgan fingerprint density at radius 3 is 2.48 bits per heavy atom. The second kappa shape index (κ2) is 14.4. The number of urea groups is 1. The zero-order valence-electron chi connectivity index (χ0n) is 28.4. The van der Waals surface area contributed by atoms with Crippen molar-refractivity contribution in [2.75, 3.05) is 50.7 Å². The minimum atomic E-state index is -0.510. The van der Waals surface area contributed by atoms with Crippen LogP contribution in [0.3, 0.4) is 0 Å². The van der Waals surface area contributed by atoms with Crippen molar-refractivity contribution in [2.24, 2.45) is 4.99 Å². The molecule has 0 saturated carbocycles. The van der Waals surface area contributed by atoms with Crippen LogP contribution in [-0.2, 0) is 16.1 Å². The molecule has 7 rings (SSSR count). The summed E-state index contributed by atoms with van der Waals surface area (Å²) in [5, 5.41) is 16.1. The fraction of sp³-hybridized carbons (Fsp3) is 0.389. The van der Waals surface area contributed by atoms with Crippen LogP contribution in [0.1, 0.15) is 57.7 Å². The van der Waals surface area contributed by atoms with Gasteiger partial charge in [0.1, 0.15) is 16.9 Å². The fourth-order valence-corrected chi connectivity index (χ4v) is 8.19. The number of fused-ring (bicyclic) bond motifs is 3. The number of nitrogens with zero attached hydrogens (tertiary/aromatic N) is 7. The smallest absolute Gasteiger partial charge is 0.328 e. The molecular weight excluding hydrogens is 674 g/mol. The Balaban J connectivity index is 0.968. The number of thiophene rings is 1. The summed E-state index contributed by atoms with van der Waals surface area (Å²) in [7, 11) is 0. The lowest BCUT2D eigenvalue weighted by molar-refractivity contribution is -0.122. The number of piperazine rings is 1. The van der Waals surface area contributed by atoms with Gasteiger partial charge < -0.3 is 5.32 Å². The average molecular weight is 714 g/mol. The number of hydrogen-bond donors (Lipinski definition) is 2. The predicted octanol–water partition coefficient (Wildman–Crippen LogP) is 4.57. The highest BCUT2D eigenvalue weighted by Gasteiger charge is 2.33. The Bertz CT molecular complexity index is 1960. The minimum Gasteiger partial charge on any atom is -0.355 e. The molecule has 0 radical (unpaired) electrons. The zero-order chi connectivity index (χ0) is 34.9. The summed E-state index contributed by atoms with van der Waals surface area (Å²) < 4.78 is 2.06. The van der Waals surface area contributed by atoms with E-state index in [0.29, 0.717) is 36.9 Å². The predicted molar refractivity (Wildman–Crippen MR) is 195 cm³/mol. The maximum Gasteiger partial charge on any atom is 0.328 e. The summed E-state index contributed by atoms with van der Waals surface area (Å²) in [5.41, 5.74) is 5.86. The second-order valence-corrected chi connectivity index (χ2v) is 14.6. The van der Waals surface area contributed by atoms with Gasteiger partial charge in [-0.1, -0.05) is 41.9 Å². The largest absolute Gasteiger partial charge is 0.355 e.